The summed E-state index contributed by atoms with van der Waals surface area (Å²) in [4.78, 5) is 1.31. The number of thioether (sulfide) groups is 1. The highest BCUT2D eigenvalue weighted by Gasteiger charge is 2.31. The number of rotatable bonds is 5. The van der Waals surface area contributed by atoms with Gasteiger partial charge in [0.05, 0.1) is 0 Å². The molecular formula is C38H36NOPS. The van der Waals surface area contributed by atoms with Crippen LogP contribution in [0.2, 0.25) is 0 Å². The molecule has 0 amide bonds. The van der Waals surface area contributed by atoms with Crippen molar-refractivity contribution in [2.75, 3.05) is 0 Å². The fraction of sp³-hybridized carbons (Fsp3) is 0.184. The number of hydrogen-bond acceptors (Lipinski definition) is 3. The van der Waals surface area contributed by atoms with Crippen LogP contribution >= 0.6 is 18.9 Å². The highest BCUT2D eigenvalue weighted by atomic mass is 32.2. The molecule has 4 aromatic rings. The quantitative estimate of drug-likeness (QED) is 0.187. The molecule has 2 atom stereocenters. The number of aryl methyl sites for hydroxylation is 2. The third kappa shape index (κ3) is 5.56. The van der Waals surface area contributed by atoms with E-state index in [1.807, 2.05) is 73.3 Å². The van der Waals surface area contributed by atoms with Gasteiger partial charge < -0.3 is 9.97 Å². The molecule has 42 heavy (non-hydrogen) atoms. The normalized spacial score (nSPS) is 17.9. The minimum absolute atomic E-state index is 0.162. The lowest BCUT2D eigenvalue weighted by Gasteiger charge is -2.22. The third-order valence-corrected chi connectivity index (χ3v) is 12.8. The van der Waals surface area contributed by atoms with Crippen LogP contribution in [0.15, 0.2) is 132 Å². The van der Waals surface area contributed by atoms with Crippen molar-refractivity contribution in [2.24, 2.45) is 0 Å². The van der Waals surface area contributed by atoms with E-state index >= 15 is 0 Å². The SMILES string of the molecule is CC(=N)[C@@H]1CCc2ccc(-c3ccc(P(=O)(C4=CC=CC=CC4)c4ccccc4)cc3)cc2SCc2cccc(C)c21. The van der Waals surface area contributed by atoms with Crippen LogP contribution in [-0.2, 0) is 16.7 Å². The molecule has 1 heterocycles. The van der Waals surface area contributed by atoms with Gasteiger partial charge in [0.25, 0.3) is 0 Å². The van der Waals surface area contributed by atoms with Gasteiger partial charge in [-0.05, 0) is 72.6 Å². The topological polar surface area (TPSA) is 40.9 Å². The largest absolute Gasteiger partial charge is 0.309 e. The average molecular weight is 586 g/mol. The molecule has 0 saturated heterocycles. The Labute approximate surface area is 254 Å². The molecule has 0 saturated carbocycles. The van der Waals surface area contributed by atoms with E-state index in [4.69, 9.17) is 5.41 Å². The minimum Gasteiger partial charge on any atom is -0.309 e. The van der Waals surface area contributed by atoms with Crippen LogP contribution in [0.3, 0.4) is 0 Å². The Morgan fingerprint density at radius 1 is 0.833 bits per heavy atom. The second kappa shape index (κ2) is 12.3. The lowest BCUT2D eigenvalue weighted by molar-refractivity contribution is 0.590. The molecule has 1 aliphatic carbocycles. The van der Waals surface area contributed by atoms with Crippen molar-refractivity contribution < 1.29 is 4.57 Å². The van der Waals surface area contributed by atoms with Crippen molar-refractivity contribution >= 4 is 35.2 Å². The summed E-state index contributed by atoms with van der Waals surface area (Å²) in [6, 6.07) is 31.7. The molecule has 6 rings (SSSR count). The van der Waals surface area contributed by atoms with Crippen LogP contribution in [0.5, 0.6) is 0 Å². The molecule has 0 spiro atoms. The molecule has 210 valence electrons. The Hall–Kier alpha value is -3.65. The Kier molecular flexibility index (Phi) is 8.34. The molecule has 0 fully saturated rings. The number of fused-ring (bicyclic) bond motifs is 2. The van der Waals surface area contributed by atoms with Crippen molar-refractivity contribution in [2.45, 2.75) is 49.7 Å². The fourth-order valence-corrected chi connectivity index (χ4v) is 10.2. The van der Waals surface area contributed by atoms with Crippen LogP contribution in [0, 0.1) is 12.3 Å². The van der Waals surface area contributed by atoms with E-state index in [1.165, 1.54) is 32.7 Å². The Bertz CT molecular complexity index is 1770. The van der Waals surface area contributed by atoms with E-state index in [0.29, 0.717) is 6.42 Å². The molecule has 1 aliphatic heterocycles. The number of hydrogen-bond donors (Lipinski definition) is 1. The van der Waals surface area contributed by atoms with Gasteiger partial charge in [0.2, 0.25) is 0 Å². The van der Waals surface area contributed by atoms with Crippen LogP contribution in [-0.4, -0.2) is 5.71 Å². The summed E-state index contributed by atoms with van der Waals surface area (Å²) >= 11 is 1.90. The maximum atomic E-state index is 14.9. The van der Waals surface area contributed by atoms with Gasteiger partial charge in [0.15, 0.2) is 7.14 Å². The summed E-state index contributed by atoms with van der Waals surface area (Å²) in [5.41, 5.74) is 8.37. The predicted octanol–water partition coefficient (Wildman–Crippen LogP) is 9.74. The maximum absolute atomic E-state index is 14.9. The molecule has 4 heteroatoms. The van der Waals surface area contributed by atoms with Crippen LogP contribution in [0.1, 0.15) is 47.9 Å². The zero-order valence-electron chi connectivity index (χ0n) is 24.2. The first-order valence-corrected chi connectivity index (χ1v) is 17.3. The minimum atomic E-state index is -2.99. The maximum Gasteiger partial charge on any atom is 0.167 e. The molecule has 2 nitrogen and oxygen atoms in total. The first kappa shape index (κ1) is 28.5. The number of benzene rings is 4. The summed E-state index contributed by atoms with van der Waals surface area (Å²) < 4.78 is 14.9. The summed E-state index contributed by atoms with van der Waals surface area (Å²) in [6.07, 6.45) is 12.7. The van der Waals surface area contributed by atoms with Crippen LogP contribution < -0.4 is 10.6 Å². The molecule has 1 N–H and O–H groups in total. The van der Waals surface area contributed by atoms with Crippen molar-refractivity contribution in [1.82, 2.24) is 0 Å². The van der Waals surface area contributed by atoms with E-state index in [1.54, 1.807) is 0 Å². The molecule has 0 radical (unpaired) electrons. The Balaban J connectivity index is 1.34. The lowest BCUT2D eigenvalue weighted by Crippen LogP contribution is -2.17. The third-order valence-electron chi connectivity index (χ3n) is 8.50. The van der Waals surface area contributed by atoms with Gasteiger partial charge in [-0.2, -0.15) is 0 Å². The van der Waals surface area contributed by atoms with Gasteiger partial charge in [-0.3, -0.25) is 0 Å². The molecule has 0 aromatic heterocycles. The zero-order chi connectivity index (χ0) is 29.1. The molecular weight excluding hydrogens is 549 g/mol. The summed E-state index contributed by atoms with van der Waals surface area (Å²) in [5.74, 6) is 1.06. The molecule has 1 unspecified atom stereocenters. The standard InChI is InChI=1S/C38H36NOPS/c1-27-11-10-12-32-26-42-37-25-31(18-17-30(37)21-24-36(28(2)39)38(27)32)29-19-22-35(23-20-29)41(40,34-15-8-5-9-16-34)33-13-6-3-4-7-14-33/h3-13,15-20,22-23,25,36,39H,14,21,24,26H2,1-2H3/t36-,41?/m0/s1. The van der Waals surface area contributed by atoms with Crippen molar-refractivity contribution in [1.29, 1.82) is 5.41 Å². The van der Waals surface area contributed by atoms with E-state index in [9.17, 15) is 4.57 Å². The lowest BCUT2D eigenvalue weighted by atomic mass is 9.84. The van der Waals surface area contributed by atoms with Gasteiger partial charge >= 0.3 is 0 Å². The zero-order valence-corrected chi connectivity index (χ0v) is 25.9. The van der Waals surface area contributed by atoms with Gasteiger partial charge in [-0.1, -0.05) is 115 Å². The summed E-state index contributed by atoms with van der Waals surface area (Å²) in [7, 11) is -2.99. The van der Waals surface area contributed by atoms with Crippen molar-refractivity contribution in [3.05, 3.63) is 149 Å². The fourth-order valence-electron chi connectivity index (χ4n) is 6.26. The van der Waals surface area contributed by atoms with E-state index < -0.39 is 7.14 Å². The van der Waals surface area contributed by atoms with Crippen molar-refractivity contribution in [3.8, 4) is 11.1 Å². The smallest absolute Gasteiger partial charge is 0.167 e. The Morgan fingerprint density at radius 3 is 2.38 bits per heavy atom. The second-order valence-electron chi connectivity index (χ2n) is 11.2. The molecule has 2 aliphatic rings. The highest BCUT2D eigenvalue weighted by molar-refractivity contribution is 7.98. The monoisotopic (exact) mass is 585 g/mol. The predicted molar refractivity (Wildman–Crippen MR) is 181 cm³/mol. The number of allylic oxidation sites excluding steroid dienone is 6. The van der Waals surface area contributed by atoms with E-state index in [2.05, 4.69) is 73.7 Å². The molecule has 0 bridgehead atoms. The molecule has 4 aromatic carbocycles. The number of nitrogens with one attached hydrogen (secondary N) is 1. The first-order valence-electron chi connectivity index (χ1n) is 14.6. The van der Waals surface area contributed by atoms with E-state index in [0.717, 1.165) is 45.8 Å². The summed E-state index contributed by atoms with van der Waals surface area (Å²) in [6.45, 7) is 4.14. The van der Waals surface area contributed by atoms with Gasteiger partial charge in [0, 0.05) is 38.2 Å². The highest BCUT2D eigenvalue weighted by Crippen LogP contribution is 2.53. The van der Waals surface area contributed by atoms with Gasteiger partial charge in [-0.25, -0.2) is 0 Å². The Morgan fingerprint density at radius 2 is 1.60 bits per heavy atom. The van der Waals surface area contributed by atoms with Crippen LogP contribution in [0.4, 0.5) is 0 Å². The summed E-state index contributed by atoms with van der Waals surface area (Å²) in [5, 5.41) is 11.2. The first-order chi connectivity index (χ1) is 20.4. The van der Waals surface area contributed by atoms with Crippen LogP contribution in [0.25, 0.3) is 11.1 Å². The second-order valence-corrected chi connectivity index (χ2v) is 15.0. The average Bonchev–Trinajstić information content (AvgIpc) is 3.27. The van der Waals surface area contributed by atoms with Gasteiger partial charge in [-0.15, -0.1) is 11.8 Å². The van der Waals surface area contributed by atoms with Gasteiger partial charge in [0.1, 0.15) is 0 Å². The van der Waals surface area contributed by atoms with Crippen molar-refractivity contribution in [3.63, 3.8) is 0 Å². The van der Waals surface area contributed by atoms with E-state index in [-0.39, 0.29) is 5.92 Å².